The van der Waals surface area contributed by atoms with Crippen LogP contribution in [0.4, 0.5) is 4.79 Å². The molecule has 1 atom stereocenters. The monoisotopic (exact) mass is 308 g/mol. The fourth-order valence-electron chi connectivity index (χ4n) is 1.73. The molecular formula is C14H21BN2O5. The van der Waals surface area contributed by atoms with Gasteiger partial charge in [-0.25, -0.2) is 4.79 Å². The summed E-state index contributed by atoms with van der Waals surface area (Å²) in [7, 11) is -1.55. The molecule has 0 saturated carbocycles. The molecule has 0 spiro atoms. The average Bonchev–Trinajstić information content (AvgIpc) is 2.36. The number of alkyl carbamates (subject to hydrolysis) is 1. The molecule has 1 aromatic rings. The second-order valence-electron chi connectivity index (χ2n) is 5.92. The molecule has 0 radical (unpaired) electrons. The van der Waals surface area contributed by atoms with Crippen LogP contribution in [0.25, 0.3) is 0 Å². The van der Waals surface area contributed by atoms with E-state index >= 15 is 0 Å². The van der Waals surface area contributed by atoms with Crippen LogP contribution in [0, 0.1) is 0 Å². The molecule has 8 heteroatoms. The van der Waals surface area contributed by atoms with E-state index in [2.05, 4.69) is 5.32 Å². The summed E-state index contributed by atoms with van der Waals surface area (Å²) in [6.45, 7) is 5.14. The highest BCUT2D eigenvalue weighted by molar-refractivity contribution is 6.58. The van der Waals surface area contributed by atoms with Gasteiger partial charge >= 0.3 is 13.2 Å². The molecule has 0 aliphatic carbocycles. The number of benzene rings is 1. The third-order valence-electron chi connectivity index (χ3n) is 2.75. The maximum atomic E-state index is 11.7. The predicted octanol–water partition coefficient (Wildman–Crippen LogP) is -0.712. The molecule has 0 fully saturated rings. The first-order chi connectivity index (χ1) is 10.1. The van der Waals surface area contributed by atoms with Gasteiger partial charge < -0.3 is 25.8 Å². The van der Waals surface area contributed by atoms with Crippen molar-refractivity contribution in [3.63, 3.8) is 0 Å². The minimum atomic E-state index is -1.55. The van der Waals surface area contributed by atoms with Gasteiger partial charge in [-0.1, -0.05) is 24.3 Å². The van der Waals surface area contributed by atoms with Gasteiger partial charge in [0.1, 0.15) is 11.6 Å². The molecule has 120 valence electrons. The zero-order valence-corrected chi connectivity index (χ0v) is 12.9. The number of carbonyl (C=O) groups excluding carboxylic acids is 2. The molecule has 0 aromatic heterocycles. The highest BCUT2D eigenvalue weighted by Crippen LogP contribution is 2.08. The summed E-state index contributed by atoms with van der Waals surface area (Å²) < 4.78 is 5.08. The number of nitrogens with two attached hydrogens (primary N) is 1. The summed E-state index contributed by atoms with van der Waals surface area (Å²) in [5.74, 6) is -0.683. The van der Waals surface area contributed by atoms with E-state index in [9.17, 15) is 9.59 Å². The largest absolute Gasteiger partial charge is 0.488 e. The number of hydrogen-bond donors (Lipinski definition) is 4. The van der Waals surface area contributed by atoms with Crippen molar-refractivity contribution < 1.29 is 24.4 Å². The second kappa shape index (κ2) is 7.28. The normalized spacial score (nSPS) is 12.4. The molecule has 7 nitrogen and oxygen atoms in total. The van der Waals surface area contributed by atoms with E-state index in [1.165, 1.54) is 12.1 Å². The van der Waals surface area contributed by atoms with Gasteiger partial charge in [-0.3, -0.25) is 4.79 Å². The highest BCUT2D eigenvalue weighted by Gasteiger charge is 2.23. The topological polar surface area (TPSA) is 122 Å². The van der Waals surface area contributed by atoms with Crippen molar-refractivity contribution in [1.82, 2.24) is 5.32 Å². The van der Waals surface area contributed by atoms with Crippen LogP contribution in [-0.4, -0.2) is 40.8 Å². The van der Waals surface area contributed by atoms with Crippen LogP contribution in [0.2, 0.25) is 0 Å². The molecule has 5 N–H and O–H groups in total. The SMILES string of the molecule is CC(C)(C)OC(=O)N[C@@H](Cc1ccc(B(O)O)cc1)C(N)=O. The Morgan fingerprint density at radius 2 is 1.82 bits per heavy atom. The Balaban J connectivity index is 2.72. The number of hydrogen-bond acceptors (Lipinski definition) is 5. The Labute approximate surface area is 129 Å². The van der Waals surface area contributed by atoms with Crippen LogP contribution < -0.4 is 16.5 Å². The molecule has 22 heavy (non-hydrogen) atoms. The van der Waals surface area contributed by atoms with E-state index in [0.29, 0.717) is 11.0 Å². The number of amides is 2. The number of nitrogens with one attached hydrogen (secondary N) is 1. The fraction of sp³-hybridized carbons (Fsp3) is 0.429. The highest BCUT2D eigenvalue weighted by atomic mass is 16.6. The van der Waals surface area contributed by atoms with Gasteiger partial charge in [0.05, 0.1) is 0 Å². The maximum Gasteiger partial charge on any atom is 0.488 e. The quantitative estimate of drug-likeness (QED) is 0.535. The van der Waals surface area contributed by atoms with Crippen molar-refractivity contribution >= 4 is 24.6 Å². The Bertz CT molecular complexity index is 525. The molecular weight excluding hydrogens is 287 g/mol. The zero-order chi connectivity index (χ0) is 16.9. The molecule has 2 amide bonds. The van der Waals surface area contributed by atoms with Gasteiger partial charge in [-0.05, 0) is 31.8 Å². The molecule has 0 bridgehead atoms. The molecule has 0 unspecified atom stereocenters. The lowest BCUT2D eigenvalue weighted by Crippen LogP contribution is -2.47. The Morgan fingerprint density at radius 3 is 2.23 bits per heavy atom. The summed E-state index contributed by atoms with van der Waals surface area (Å²) in [5.41, 5.74) is 5.66. The van der Waals surface area contributed by atoms with Crippen LogP contribution >= 0.6 is 0 Å². The van der Waals surface area contributed by atoms with Crippen molar-refractivity contribution in [2.24, 2.45) is 5.73 Å². The van der Waals surface area contributed by atoms with Crippen LogP contribution in [0.1, 0.15) is 26.3 Å². The van der Waals surface area contributed by atoms with Crippen molar-refractivity contribution in [3.05, 3.63) is 29.8 Å². The third kappa shape index (κ3) is 6.15. The smallest absolute Gasteiger partial charge is 0.444 e. The van der Waals surface area contributed by atoms with E-state index in [1.807, 2.05) is 0 Å². The van der Waals surface area contributed by atoms with Gasteiger partial charge in [0.15, 0.2) is 0 Å². The first kappa shape index (κ1) is 18.0. The fourth-order valence-corrected chi connectivity index (χ4v) is 1.73. The summed E-state index contributed by atoms with van der Waals surface area (Å²) in [4.78, 5) is 23.2. The number of rotatable bonds is 5. The Kier molecular flexibility index (Phi) is 5.96. The van der Waals surface area contributed by atoms with E-state index in [1.54, 1.807) is 32.9 Å². The van der Waals surface area contributed by atoms with E-state index < -0.39 is 30.8 Å². The zero-order valence-electron chi connectivity index (χ0n) is 12.9. The van der Waals surface area contributed by atoms with Crippen molar-refractivity contribution in [2.75, 3.05) is 0 Å². The van der Waals surface area contributed by atoms with Crippen LogP contribution in [0.15, 0.2) is 24.3 Å². The summed E-state index contributed by atoms with van der Waals surface area (Å²) in [6.07, 6.45) is -0.546. The average molecular weight is 308 g/mol. The van der Waals surface area contributed by atoms with Crippen molar-refractivity contribution in [1.29, 1.82) is 0 Å². The van der Waals surface area contributed by atoms with Crippen LogP contribution in [0.3, 0.4) is 0 Å². The van der Waals surface area contributed by atoms with E-state index in [4.69, 9.17) is 20.5 Å². The molecule has 1 aromatic carbocycles. The van der Waals surface area contributed by atoms with Gasteiger partial charge in [0.2, 0.25) is 5.91 Å². The predicted molar refractivity (Wildman–Crippen MR) is 82.3 cm³/mol. The number of primary amides is 1. The first-order valence-electron chi connectivity index (χ1n) is 6.82. The summed E-state index contributed by atoms with van der Waals surface area (Å²) >= 11 is 0. The Morgan fingerprint density at radius 1 is 1.27 bits per heavy atom. The molecule has 0 aliphatic rings. The minimum absolute atomic E-state index is 0.177. The van der Waals surface area contributed by atoms with Gasteiger partial charge in [0, 0.05) is 6.42 Å². The Hall–Kier alpha value is -2.06. The second-order valence-corrected chi connectivity index (χ2v) is 5.92. The molecule has 0 aliphatic heterocycles. The standard InChI is InChI=1S/C14H21BN2O5/c1-14(2,3)22-13(19)17-11(12(16)18)8-9-4-6-10(7-5-9)15(20)21/h4-7,11,20-21H,8H2,1-3H3,(H2,16,18)(H,17,19)/t11-/m0/s1. The lowest BCUT2D eigenvalue weighted by atomic mass is 9.80. The molecule has 0 heterocycles. The van der Waals surface area contributed by atoms with Crippen LogP contribution in [-0.2, 0) is 16.0 Å². The maximum absolute atomic E-state index is 11.7. The van der Waals surface area contributed by atoms with Gasteiger partial charge in [-0.2, -0.15) is 0 Å². The summed E-state index contributed by atoms with van der Waals surface area (Å²) in [6, 6.07) is 5.37. The van der Waals surface area contributed by atoms with Gasteiger partial charge in [-0.15, -0.1) is 0 Å². The van der Waals surface area contributed by atoms with Crippen molar-refractivity contribution in [2.45, 2.75) is 38.8 Å². The third-order valence-corrected chi connectivity index (χ3v) is 2.75. The lowest BCUT2D eigenvalue weighted by molar-refractivity contribution is -0.120. The molecule has 0 saturated heterocycles. The van der Waals surface area contributed by atoms with E-state index in [-0.39, 0.29) is 6.42 Å². The molecule has 1 rings (SSSR count). The first-order valence-corrected chi connectivity index (χ1v) is 6.82. The number of ether oxygens (including phenoxy) is 1. The van der Waals surface area contributed by atoms with Crippen LogP contribution in [0.5, 0.6) is 0 Å². The number of carbonyl (C=O) groups is 2. The van der Waals surface area contributed by atoms with E-state index in [0.717, 1.165) is 0 Å². The van der Waals surface area contributed by atoms with Crippen molar-refractivity contribution in [3.8, 4) is 0 Å². The summed E-state index contributed by atoms with van der Waals surface area (Å²) in [5, 5.41) is 20.5. The van der Waals surface area contributed by atoms with Gasteiger partial charge in [0.25, 0.3) is 0 Å². The lowest BCUT2D eigenvalue weighted by Gasteiger charge is -2.22. The minimum Gasteiger partial charge on any atom is -0.444 e.